The van der Waals surface area contributed by atoms with E-state index in [-0.39, 0.29) is 6.61 Å². The fourth-order valence-electron chi connectivity index (χ4n) is 3.47. The second-order valence-electron chi connectivity index (χ2n) is 8.60. The quantitative estimate of drug-likeness (QED) is 0.166. The first-order valence-electron chi connectivity index (χ1n) is 12.8. The summed E-state index contributed by atoms with van der Waals surface area (Å²) in [6.45, 7) is 7.56. The highest BCUT2D eigenvalue weighted by Crippen LogP contribution is 2.23. The molecule has 0 amide bonds. The van der Waals surface area contributed by atoms with Gasteiger partial charge in [-0.3, -0.25) is 0 Å². The summed E-state index contributed by atoms with van der Waals surface area (Å²) in [6.07, 6.45) is 5.12. The molecule has 0 heterocycles. The van der Waals surface area contributed by atoms with Crippen molar-refractivity contribution in [1.29, 1.82) is 0 Å². The SMILES string of the molecule is CCCCCCCCOc1ccc(-c2ccc(C(=O)OC(C)C(=O)OC(C)C(=O)OCC)cc2)cc1. The van der Waals surface area contributed by atoms with Crippen LogP contribution in [0.25, 0.3) is 11.1 Å². The van der Waals surface area contributed by atoms with E-state index in [4.69, 9.17) is 18.9 Å². The second-order valence-corrected chi connectivity index (χ2v) is 8.60. The van der Waals surface area contributed by atoms with Gasteiger partial charge in [0.2, 0.25) is 0 Å². The van der Waals surface area contributed by atoms with E-state index < -0.39 is 30.1 Å². The zero-order chi connectivity index (χ0) is 26.3. The third kappa shape index (κ3) is 9.72. The summed E-state index contributed by atoms with van der Waals surface area (Å²) in [5, 5.41) is 0. The molecule has 7 heteroatoms. The van der Waals surface area contributed by atoms with Crippen molar-refractivity contribution in [2.45, 2.75) is 78.4 Å². The lowest BCUT2D eigenvalue weighted by atomic mass is 10.0. The maximum Gasteiger partial charge on any atom is 0.348 e. The fraction of sp³-hybridized carbons (Fsp3) is 0.483. The summed E-state index contributed by atoms with van der Waals surface area (Å²) >= 11 is 0. The standard InChI is InChI=1S/C29H38O7/c1-5-7-8-9-10-11-20-34-26-18-16-24(17-19-26)23-12-14-25(15-13-23)29(32)36-22(4)28(31)35-21(3)27(30)33-6-2/h12-19,21-22H,5-11,20H2,1-4H3. The van der Waals surface area contributed by atoms with Gasteiger partial charge in [0.05, 0.1) is 18.8 Å². The number of benzene rings is 2. The Bertz CT molecular complexity index is 951. The van der Waals surface area contributed by atoms with Crippen LogP contribution in [0.5, 0.6) is 5.75 Å². The summed E-state index contributed by atoms with van der Waals surface area (Å²) < 4.78 is 20.8. The molecular weight excluding hydrogens is 460 g/mol. The molecule has 0 radical (unpaired) electrons. The number of esters is 3. The maximum atomic E-state index is 12.4. The van der Waals surface area contributed by atoms with Gasteiger partial charge in [-0.05, 0) is 62.6 Å². The first kappa shape index (κ1) is 28.9. The molecule has 0 aromatic heterocycles. The molecule has 2 atom stereocenters. The highest BCUT2D eigenvalue weighted by atomic mass is 16.6. The first-order valence-corrected chi connectivity index (χ1v) is 12.8. The lowest BCUT2D eigenvalue weighted by Crippen LogP contribution is -2.33. The molecule has 196 valence electrons. The van der Waals surface area contributed by atoms with Crippen molar-refractivity contribution in [3.63, 3.8) is 0 Å². The minimum absolute atomic E-state index is 0.179. The van der Waals surface area contributed by atoms with Gasteiger partial charge in [0.25, 0.3) is 0 Å². The van der Waals surface area contributed by atoms with E-state index in [1.54, 1.807) is 19.1 Å². The van der Waals surface area contributed by atoms with Gasteiger partial charge < -0.3 is 18.9 Å². The second kappa shape index (κ2) is 15.6. The molecule has 2 unspecified atom stereocenters. The number of unbranched alkanes of at least 4 members (excludes halogenated alkanes) is 5. The lowest BCUT2D eigenvalue weighted by Gasteiger charge is -2.16. The Balaban J connectivity index is 1.82. The monoisotopic (exact) mass is 498 g/mol. The van der Waals surface area contributed by atoms with E-state index in [0.717, 1.165) is 29.9 Å². The van der Waals surface area contributed by atoms with Crippen LogP contribution in [0.15, 0.2) is 48.5 Å². The summed E-state index contributed by atoms with van der Waals surface area (Å²) in [7, 11) is 0. The molecule has 0 fully saturated rings. The van der Waals surface area contributed by atoms with E-state index in [9.17, 15) is 14.4 Å². The van der Waals surface area contributed by atoms with Crippen LogP contribution in [-0.4, -0.2) is 43.3 Å². The Hall–Kier alpha value is -3.35. The molecule has 7 nitrogen and oxygen atoms in total. The van der Waals surface area contributed by atoms with Crippen LogP contribution in [0.3, 0.4) is 0 Å². The maximum absolute atomic E-state index is 12.4. The average molecular weight is 499 g/mol. The molecule has 0 aliphatic heterocycles. The van der Waals surface area contributed by atoms with E-state index in [2.05, 4.69) is 6.92 Å². The van der Waals surface area contributed by atoms with Gasteiger partial charge in [-0.15, -0.1) is 0 Å². The van der Waals surface area contributed by atoms with Crippen LogP contribution in [-0.2, 0) is 23.8 Å². The Kier molecular flexibility index (Phi) is 12.5. The minimum atomic E-state index is -1.17. The molecule has 2 aromatic carbocycles. The number of carbonyl (C=O) groups excluding carboxylic acids is 3. The number of rotatable bonds is 15. The Morgan fingerprint density at radius 1 is 0.694 bits per heavy atom. The Morgan fingerprint density at radius 3 is 1.86 bits per heavy atom. The van der Waals surface area contributed by atoms with Crippen LogP contribution >= 0.6 is 0 Å². The zero-order valence-electron chi connectivity index (χ0n) is 21.8. The van der Waals surface area contributed by atoms with E-state index >= 15 is 0 Å². The molecule has 0 aliphatic carbocycles. The van der Waals surface area contributed by atoms with Crippen LogP contribution in [0, 0.1) is 0 Å². The van der Waals surface area contributed by atoms with Crippen molar-refractivity contribution in [3.05, 3.63) is 54.1 Å². The molecule has 0 saturated heterocycles. The van der Waals surface area contributed by atoms with E-state index in [1.807, 2.05) is 36.4 Å². The summed E-state index contributed by atoms with van der Waals surface area (Å²) in [5.41, 5.74) is 2.23. The van der Waals surface area contributed by atoms with Crippen molar-refractivity contribution in [2.75, 3.05) is 13.2 Å². The van der Waals surface area contributed by atoms with Crippen LogP contribution in [0.1, 0.15) is 76.6 Å². The van der Waals surface area contributed by atoms with Crippen LogP contribution in [0.4, 0.5) is 0 Å². The highest BCUT2D eigenvalue weighted by Gasteiger charge is 2.25. The van der Waals surface area contributed by atoms with Gasteiger partial charge in [-0.2, -0.15) is 0 Å². The van der Waals surface area contributed by atoms with Crippen LogP contribution in [0.2, 0.25) is 0 Å². The smallest absolute Gasteiger partial charge is 0.348 e. The lowest BCUT2D eigenvalue weighted by molar-refractivity contribution is -0.171. The first-order chi connectivity index (χ1) is 17.3. The topological polar surface area (TPSA) is 88.1 Å². The van der Waals surface area contributed by atoms with Crippen LogP contribution < -0.4 is 4.74 Å². The van der Waals surface area contributed by atoms with Crippen molar-refractivity contribution in [1.82, 2.24) is 0 Å². The van der Waals surface area contributed by atoms with Gasteiger partial charge >= 0.3 is 17.9 Å². The normalized spacial score (nSPS) is 12.3. The molecule has 2 rings (SSSR count). The third-order valence-electron chi connectivity index (χ3n) is 5.60. The largest absolute Gasteiger partial charge is 0.494 e. The summed E-state index contributed by atoms with van der Waals surface area (Å²) in [4.78, 5) is 36.1. The molecule has 36 heavy (non-hydrogen) atoms. The minimum Gasteiger partial charge on any atom is -0.494 e. The Labute approximate surface area is 214 Å². The van der Waals surface area contributed by atoms with Crippen molar-refractivity contribution in [3.8, 4) is 16.9 Å². The van der Waals surface area contributed by atoms with Gasteiger partial charge in [0.1, 0.15) is 5.75 Å². The average Bonchev–Trinajstić information content (AvgIpc) is 2.88. The van der Waals surface area contributed by atoms with Gasteiger partial charge in [0, 0.05) is 0 Å². The third-order valence-corrected chi connectivity index (χ3v) is 5.60. The zero-order valence-corrected chi connectivity index (χ0v) is 21.8. The summed E-state index contributed by atoms with van der Waals surface area (Å²) in [5.74, 6) is -1.30. The number of hydrogen-bond donors (Lipinski definition) is 0. The van der Waals surface area contributed by atoms with Gasteiger partial charge in [0.15, 0.2) is 12.2 Å². The molecular formula is C29H38O7. The number of carbonyl (C=O) groups is 3. The van der Waals surface area contributed by atoms with E-state index in [0.29, 0.717) is 5.56 Å². The van der Waals surface area contributed by atoms with Gasteiger partial charge in [-0.25, -0.2) is 14.4 Å². The van der Waals surface area contributed by atoms with Crippen molar-refractivity contribution in [2.24, 2.45) is 0 Å². The molecule has 0 saturated carbocycles. The number of hydrogen-bond acceptors (Lipinski definition) is 7. The molecule has 0 N–H and O–H groups in total. The van der Waals surface area contributed by atoms with Crippen molar-refractivity contribution < 1.29 is 33.3 Å². The molecule has 2 aromatic rings. The predicted octanol–water partition coefficient (Wildman–Crippen LogP) is 6.13. The Morgan fingerprint density at radius 2 is 1.25 bits per heavy atom. The molecule has 0 aliphatic rings. The number of ether oxygens (including phenoxy) is 4. The fourth-order valence-corrected chi connectivity index (χ4v) is 3.47. The highest BCUT2D eigenvalue weighted by molar-refractivity contribution is 5.92. The molecule has 0 spiro atoms. The van der Waals surface area contributed by atoms with E-state index in [1.165, 1.54) is 46.0 Å². The predicted molar refractivity (Wildman–Crippen MR) is 138 cm³/mol. The summed E-state index contributed by atoms with van der Waals surface area (Å²) in [6, 6.07) is 14.8. The van der Waals surface area contributed by atoms with Crippen molar-refractivity contribution >= 4 is 17.9 Å². The van der Waals surface area contributed by atoms with Gasteiger partial charge in [-0.1, -0.05) is 63.3 Å². The molecule has 0 bridgehead atoms.